The minimum absolute atomic E-state index is 0.243. The topological polar surface area (TPSA) is 63.3 Å². The zero-order chi connectivity index (χ0) is 9.57. The molecule has 1 fully saturated rings. The van der Waals surface area contributed by atoms with E-state index < -0.39 is 11.4 Å². The Morgan fingerprint density at radius 1 is 1.50 bits per heavy atom. The Kier molecular flexibility index (Phi) is 1.95. The van der Waals surface area contributed by atoms with Crippen molar-refractivity contribution in [2.45, 2.75) is 39.2 Å². The van der Waals surface area contributed by atoms with Crippen molar-refractivity contribution in [3.05, 3.63) is 0 Å². The van der Waals surface area contributed by atoms with Crippen molar-refractivity contribution in [2.75, 3.05) is 0 Å². The second kappa shape index (κ2) is 2.46. The van der Waals surface area contributed by atoms with E-state index in [9.17, 15) is 4.79 Å². The fourth-order valence-electron chi connectivity index (χ4n) is 1.96. The summed E-state index contributed by atoms with van der Waals surface area (Å²) in [5.74, 6) is -0.353. The third-order valence-corrected chi connectivity index (χ3v) is 3.10. The number of carboxylic acid groups (broad SMARTS) is 1. The predicted molar refractivity (Wildman–Crippen MR) is 46.7 cm³/mol. The summed E-state index contributed by atoms with van der Waals surface area (Å²) in [6.45, 7) is 5.85. The maximum atomic E-state index is 10.8. The van der Waals surface area contributed by atoms with Crippen LogP contribution in [0.1, 0.15) is 33.6 Å². The van der Waals surface area contributed by atoms with Crippen LogP contribution < -0.4 is 5.73 Å². The molecule has 1 aliphatic carbocycles. The van der Waals surface area contributed by atoms with Gasteiger partial charge in [-0.05, 0) is 25.7 Å². The second-order valence-corrected chi connectivity index (χ2v) is 4.61. The third kappa shape index (κ3) is 1.22. The molecule has 12 heavy (non-hydrogen) atoms. The standard InChI is InChI=1S/C9H17NO2/c1-6(2)9(10)4-8(3,5-9)7(11)12/h6H,4-5,10H2,1-3H3,(H,11,12). The molecule has 70 valence electrons. The molecule has 0 amide bonds. The third-order valence-electron chi connectivity index (χ3n) is 3.10. The first-order chi connectivity index (χ1) is 5.30. The van der Waals surface area contributed by atoms with Gasteiger partial charge in [-0.3, -0.25) is 4.79 Å². The smallest absolute Gasteiger partial charge is 0.309 e. The second-order valence-electron chi connectivity index (χ2n) is 4.61. The number of hydrogen-bond acceptors (Lipinski definition) is 2. The van der Waals surface area contributed by atoms with Gasteiger partial charge < -0.3 is 10.8 Å². The lowest BCUT2D eigenvalue weighted by Gasteiger charge is -2.52. The molecule has 0 atom stereocenters. The average molecular weight is 171 g/mol. The molecule has 0 aromatic heterocycles. The fourth-order valence-corrected chi connectivity index (χ4v) is 1.96. The first kappa shape index (κ1) is 9.52. The molecule has 3 N–H and O–H groups in total. The van der Waals surface area contributed by atoms with Gasteiger partial charge >= 0.3 is 5.97 Å². The first-order valence-corrected chi connectivity index (χ1v) is 4.32. The number of carboxylic acids is 1. The molecule has 3 nitrogen and oxygen atoms in total. The van der Waals surface area contributed by atoms with Crippen LogP contribution in [0, 0.1) is 11.3 Å². The normalized spacial score (nSPS) is 41.1. The molecular weight excluding hydrogens is 154 g/mol. The molecule has 0 bridgehead atoms. The lowest BCUT2D eigenvalue weighted by atomic mass is 9.55. The van der Waals surface area contributed by atoms with Crippen LogP contribution in [0.25, 0.3) is 0 Å². The summed E-state index contributed by atoms with van der Waals surface area (Å²) in [6, 6.07) is 0. The van der Waals surface area contributed by atoms with Gasteiger partial charge in [0.1, 0.15) is 0 Å². The van der Waals surface area contributed by atoms with E-state index in [-0.39, 0.29) is 5.54 Å². The number of carbonyl (C=O) groups is 1. The van der Waals surface area contributed by atoms with Crippen LogP contribution in [0.3, 0.4) is 0 Å². The van der Waals surface area contributed by atoms with Crippen molar-refractivity contribution < 1.29 is 9.90 Å². The first-order valence-electron chi connectivity index (χ1n) is 4.32. The van der Waals surface area contributed by atoms with E-state index in [0.717, 1.165) is 0 Å². The fraction of sp³-hybridized carbons (Fsp3) is 0.889. The highest BCUT2D eigenvalue weighted by Gasteiger charge is 2.55. The van der Waals surface area contributed by atoms with Gasteiger partial charge in [0, 0.05) is 5.54 Å². The maximum Gasteiger partial charge on any atom is 0.309 e. The quantitative estimate of drug-likeness (QED) is 0.656. The zero-order valence-electron chi connectivity index (χ0n) is 7.92. The average Bonchev–Trinajstić information content (AvgIpc) is 1.83. The molecule has 1 aliphatic rings. The molecule has 3 heteroatoms. The molecule has 0 aliphatic heterocycles. The van der Waals surface area contributed by atoms with E-state index in [0.29, 0.717) is 18.8 Å². The Hall–Kier alpha value is -0.570. The number of rotatable bonds is 2. The van der Waals surface area contributed by atoms with Gasteiger partial charge in [0.25, 0.3) is 0 Å². The highest BCUT2D eigenvalue weighted by Crippen LogP contribution is 2.50. The minimum atomic E-state index is -0.718. The molecule has 0 heterocycles. The van der Waals surface area contributed by atoms with Crippen LogP contribution >= 0.6 is 0 Å². The van der Waals surface area contributed by atoms with Crippen LogP contribution in [0.15, 0.2) is 0 Å². The summed E-state index contributed by atoms with van der Waals surface area (Å²) in [7, 11) is 0. The van der Waals surface area contributed by atoms with Crippen LogP contribution in [-0.4, -0.2) is 16.6 Å². The molecule has 0 aromatic rings. The Morgan fingerprint density at radius 2 is 1.92 bits per heavy atom. The Labute approximate surface area is 72.9 Å². The van der Waals surface area contributed by atoms with E-state index >= 15 is 0 Å². The minimum Gasteiger partial charge on any atom is -0.481 e. The highest BCUT2D eigenvalue weighted by molar-refractivity contribution is 5.76. The van der Waals surface area contributed by atoms with Crippen molar-refractivity contribution in [1.29, 1.82) is 0 Å². The van der Waals surface area contributed by atoms with Gasteiger partial charge in [-0.15, -0.1) is 0 Å². The van der Waals surface area contributed by atoms with Crippen molar-refractivity contribution in [3.63, 3.8) is 0 Å². The molecule has 0 radical (unpaired) electrons. The molecule has 0 saturated heterocycles. The Morgan fingerprint density at radius 3 is 2.17 bits per heavy atom. The van der Waals surface area contributed by atoms with Crippen LogP contribution in [0.4, 0.5) is 0 Å². The monoisotopic (exact) mass is 171 g/mol. The number of aliphatic carboxylic acids is 1. The summed E-state index contributed by atoms with van der Waals surface area (Å²) in [4.78, 5) is 10.8. The Bertz CT molecular complexity index is 205. The summed E-state index contributed by atoms with van der Waals surface area (Å²) in [6.07, 6.45) is 1.21. The van der Waals surface area contributed by atoms with Gasteiger partial charge in [0.2, 0.25) is 0 Å². The summed E-state index contributed by atoms with van der Waals surface area (Å²) in [5.41, 5.74) is 5.18. The highest BCUT2D eigenvalue weighted by atomic mass is 16.4. The van der Waals surface area contributed by atoms with Gasteiger partial charge in [0.15, 0.2) is 0 Å². The molecule has 0 unspecified atom stereocenters. The van der Waals surface area contributed by atoms with Gasteiger partial charge in [-0.2, -0.15) is 0 Å². The van der Waals surface area contributed by atoms with Crippen LogP contribution in [-0.2, 0) is 4.79 Å². The summed E-state index contributed by atoms with van der Waals surface area (Å²) < 4.78 is 0. The molecular formula is C9H17NO2. The van der Waals surface area contributed by atoms with Crippen molar-refractivity contribution in [3.8, 4) is 0 Å². The van der Waals surface area contributed by atoms with E-state index in [1.165, 1.54) is 0 Å². The van der Waals surface area contributed by atoms with E-state index in [1.54, 1.807) is 6.92 Å². The van der Waals surface area contributed by atoms with Crippen LogP contribution in [0.5, 0.6) is 0 Å². The van der Waals surface area contributed by atoms with Crippen molar-refractivity contribution >= 4 is 5.97 Å². The van der Waals surface area contributed by atoms with Gasteiger partial charge in [-0.1, -0.05) is 13.8 Å². The lowest BCUT2D eigenvalue weighted by Crippen LogP contribution is -2.62. The molecule has 0 spiro atoms. The van der Waals surface area contributed by atoms with Crippen molar-refractivity contribution in [1.82, 2.24) is 0 Å². The Balaban J connectivity index is 2.62. The molecule has 1 saturated carbocycles. The van der Waals surface area contributed by atoms with Gasteiger partial charge in [0.05, 0.1) is 5.41 Å². The van der Waals surface area contributed by atoms with E-state index in [1.807, 2.05) is 13.8 Å². The molecule has 1 rings (SSSR count). The maximum absolute atomic E-state index is 10.8. The summed E-state index contributed by atoms with van der Waals surface area (Å²) >= 11 is 0. The van der Waals surface area contributed by atoms with Crippen LogP contribution in [0.2, 0.25) is 0 Å². The SMILES string of the molecule is CC(C)C1(N)CC(C)(C(=O)O)C1. The largest absolute Gasteiger partial charge is 0.481 e. The van der Waals surface area contributed by atoms with Crippen molar-refractivity contribution in [2.24, 2.45) is 17.1 Å². The predicted octanol–water partition coefficient (Wildman–Crippen LogP) is 1.22. The zero-order valence-corrected chi connectivity index (χ0v) is 7.92. The van der Waals surface area contributed by atoms with Gasteiger partial charge in [-0.25, -0.2) is 0 Å². The number of hydrogen-bond donors (Lipinski definition) is 2. The molecule has 0 aromatic carbocycles. The number of nitrogens with two attached hydrogens (primary N) is 1. The summed E-state index contributed by atoms with van der Waals surface area (Å²) in [5, 5.41) is 8.85. The van der Waals surface area contributed by atoms with E-state index in [4.69, 9.17) is 10.8 Å². The lowest BCUT2D eigenvalue weighted by molar-refractivity contribution is -0.159. The van der Waals surface area contributed by atoms with E-state index in [2.05, 4.69) is 0 Å².